The third kappa shape index (κ3) is 1.83. The Hall–Kier alpha value is -1.33. The average Bonchev–Trinajstić information content (AvgIpc) is 2.85. The van der Waals surface area contributed by atoms with Gasteiger partial charge in [-0.15, -0.1) is 0 Å². The van der Waals surface area contributed by atoms with Crippen LogP contribution >= 0.6 is 0 Å². The zero-order valence-electron chi connectivity index (χ0n) is 14.2. The molecule has 0 unspecified atom stereocenters. The lowest BCUT2D eigenvalue weighted by atomic mass is 9.54. The van der Waals surface area contributed by atoms with E-state index in [-0.39, 0.29) is 22.9 Å². The number of hydrogen-bond acceptors (Lipinski definition) is 5. The second-order valence-corrected chi connectivity index (χ2v) is 7.65. The topological polar surface area (TPSA) is 54.0 Å². The largest absolute Gasteiger partial charge is 0.492 e. The van der Waals surface area contributed by atoms with Gasteiger partial charge in [-0.05, 0) is 36.3 Å². The maximum atomic E-state index is 12.5. The van der Waals surface area contributed by atoms with Gasteiger partial charge in [-0.3, -0.25) is 0 Å². The molecule has 0 bridgehead atoms. The van der Waals surface area contributed by atoms with Crippen molar-refractivity contribution in [1.82, 2.24) is 0 Å². The van der Waals surface area contributed by atoms with E-state index in [0.29, 0.717) is 25.4 Å². The van der Waals surface area contributed by atoms with Gasteiger partial charge >= 0.3 is 5.97 Å². The number of methoxy groups -OCH3 is 1. The predicted octanol–water partition coefficient (Wildman–Crippen LogP) is 2.36. The van der Waals surface area contributed by atoms with Crippen LogP contribution in [0.2, 0.25) is 0 Å². The molecule has 0 N–H and O–H groups in total. The summed E-state index contributed by atoms with van der Waals surface area (Å²) in [5.41, 5.74) is 2.58. The van der Waals surface area contributed by atoms with Gasteiger partial charge in [-0.2, -0.15) is 0 Å². The first-order valence-corrected chi connectivity index (χ1v) is 8.34. The van der Waals surface area contributed by atoms with Crippen LogP contribution < -0.4 is 0 Å². The Morgan fingerprint density at radius 2 is 2.00 bits per heavy atom. The summed E-state index contributed by atoms with van der Waals surface area (Å²) in [5.74, 6) is 0.490. The molecule has 126 valence electrons. The van der Waals surface area contributed by atoms with Crippen molar-refractivity contribution in [1.29, 1.82) is 0 Å². The maximum absolute atomic E-state index is 12.5. The van der Waals surface area contributed by atoms with Gasteiger partial charge in [0.15, 0.2) is 0 Å². The fraction of sp³-hybridized carbons (Fsp3) is 0.722. The Labute approximate surface area is 136 Å². The number of ether oxygens (including phenoxy) is 4. The molecule has 4 rings (SSSR count). The molecule has 0 aromatic heterocycles. The quantitative estimate of drug-likeness (QED) is 0.694. The molecule has 0 aromatic carbocycles. The molecule has 2 heterocycles. The molecule has 5 nitrogen and oxygen atoms in total. The molecule has 1 saturated carbocycles. The third-order valence-corrected chi connectivity index (χ3v) is 6.03. The van der Waals surface area contributed by atoms with Gasteiger partial charge in [0.25, 0.3) is 0 Å². The van der Waals surface area contributed by atoms with Crippen molar-refractivity contribution in [2.45, 2.75) is 45.8 Å². The van der Waals surface area contributed by atoms with E-state index in [1.165, 1.54) is 12.7 Å². The van der Waals surface area contributed by atoms with E-state index in [1.54, 1.807) is 0 Å². The minimum absolute atomic E-state index is 0.000132. The van der Waals surface area contributed by atoms with Crippen LogP contribution in [0.1, 0.15) is 33.6 Å². The molecule has 2 aliphatic carbocycles. The summed E-state index contributed by atoms with van der Waals surface area (Å²) in [4.78, 5) is 12.5. The van der Waals surface area contributed by atoms with Crippen LogP contribution in [0, 0.1) is 10.8 Å². The molecule has 0 spiro atoms. The number of carbonyl (C=O) groups is 1. The summed E-state index contributed by atoms with van der Waals surface area (Å²) in [6, 6.07) is 0. The van der Waals surface area contributed by atoms with Gasteiger partial charge < -0.3 is 18.9 Å². The Morgan fingerprint density at radius 1 is 1.22 bits per heavy atom. The molecular weight excluding hydrogens is 296 g/mol. The minimum Gasteiger partial charge on any atom is -0.492 e. The first kappa shape index (κ1) is 15.2. The minimum atomic E-state index is -0.450. The summed E-state index contributed by atoms with van der Waals surface area (Å²) < 4.78 is 23.2. The fourth-order valence-corrected chi connectivity index (χ4v) is 5.03. The second-order valence-electron chi connectivity index (χ2n) is 7.65. The molecule has 2 aliphatic heterocycles. The van der Waals surface area contributed by atoms with E-state index in [0.717, 1.165) is 24.2 Å². The van der Waals surface area contributed by atoms with Crippen molar-refractivity contribution >= 4 is 5.97 Å². The van der Waals surface area contributed by atoms with E-state index in [1.807, 2.05) is 0 Å². The number of fused-ring (bicyclic) bond motifs is 1. The lowest BCUT2D eigenvalue weighted by Crippen LogP contribution is -2.50. The lowest BCUT2D eigenvalue weighted by molar-refractivity contribution is -0.139. The van der Waals surface area contributed by atoms with E-state index in [2.05, 4.69) is 20.8 Å². The third-order valence-electron chi connectivity index (χ3n) is 6.03. The van der Waals surface area contributed by atoms with Gasteiger partial charge in [0.05, 0.1) is 32.0 Å². The molecule has 3 atom stereocenters. The zero-order valence-corrected chi connectivity index (χ0v) is 14.2. The average molecular weight is 320 g/mol. The summed E-state index contributed by atoms with van der Waals surface area (Å²) >= 11 is 0. The SMILES string of the molecule is COC(=O)C1=C2CO[C@H]3CCC(C)(C)C(=C4OCCO[C@H]41)[C@@]23C. The Kier molecular flexibility index (Phi) is 3.20. The van der Waals surface area contributed by atoms with Crippen LogP contribution in [0.15, 0.2) is 22.5 Å². The van der Waals surface area contributed by atoms with E-state index in [9.17, 15) is 4.79 Å². The predicted molar refractivity (Wildman–Crippen MR) is 82.6 cm³/mol. The smallest absolute Gasteiger partial charge is 0.336 e. The summed E-state index contributed by atoms with van der Waals surface area (Å²) in [5, 5.41) is 0. The molecule has 0 radical (unpaired) electrons. The molecule has 3 fully saturated rings. The molecule has 0 amide bonds. The summed E-state index contributed by atoms with van der Waals surface area (Å²) in [6.07, 6.45) is 1.68. The Morgan fingerprint density at radius 3 is 2.74 bits per heavy atom. The van der Waals surface area contributed by atoms with Crippen LogP contribution in [-0.2, 0) is 23.7 Å². The fourth-order valence-electron chi connectivity index (χ4n) is 5.03. The molecule has 23 heavy (non-hydrogen) atoms. The van der Waals surface area contributed by atoms with E-state index >= 15 is 0 Å². The first-order valence-electron chi connectivity index (χ1n) is 8.34. The standard InChI is InChI=1S/C18H24O5/c1-17(2)6-5-11-18(3)10(9-23-11)12(16(19)20-4)13-14(15(17)18)22-8-7-21-13/h11,13H,5-9H2,1-4H3/t11-,13-,18-/m0/s1. The van der Waals surface area contributed by atoms with Gasteiger partial charge in [-0.25, -0.2) is 4.79 Å². The number of carbonyl (C=O) groups excluding carboxylic acids is 1. The highest BCUT2D eigenvalue weighted by atomic mass is 16.6. The maximum Gasteiger partial charge on any atom is 0.336 e. The summed E-state index contributed by atoms with van der Waals surface area (Å²) in [7, 11) is 1.42. The molecule has 2 saturated heterocycles. The number of esters is 1. The number of hydrogen-bond donors (Lipinski definition) is 0. The Balaban J connectivity index is 1.98. The van der Waals surface area contributed by atoms with E-state index in [4.69, 9.17) is 18.9 Å². The van der Waals surface area contributed by atoms with Crippen molar-refractivity contribution in [2.24, 2.45) is 10.8 Å². The highest BCUT2D eigenvalue weighted by Gasteiger charge is 2.61. The van der Waals surface area contributed by atoms with Crippen LogP contribution in [0.4, 0.5) is 0 Å². The van der Waals surface area contributed by atoms with Crippen molar-refractivity contribution in [3.05, 3.63) is 22.5 Å². The van der Waals surface area contributed by atoms with Gasteiger partial charge in [-0.1, -0.05) is 13.8 Å². The van der Waals surface area contributed by atoms with Crippen molar-refractivity contribution in [3.8, 4) is 0 Å². The van der Waals surface area contributed by atoms with Crippen LogP contribution in [-0.4, -0.2) is 45.1 Å². The van der Waals surface area contributed by atoms with Crippen LogP contribution in [0.5, 0.6) is 0 Å². The zero-order chi connectivity index (χ0) is 16.4. The first-order chi connectivity index (χ1) is 10.9. The second kappa shape index (κ2) is 4.84. The number of rotatable bonds is 1. The van der Waals surface area contributed by atoms with Crippen LogP contribution in [0.25, 0.3) is 0 Å². The highest BCUT2D eigenvalue weighted by molar-refractivity contribution is 5.92. The van der Waals surface area contributed by atoms with Gasteiger partial charge in [0.1, 0.15) is 18.5 Å². The normalized spacial score (nSPS) is 37.9. The Bertz CT molecular complexity index is 629. The highest BCUT2D eigenvalue weighted by Crippen LogP contribution is 2.62. The van der Waals surface area contributed by atoms with E-state index < -0.39 is 6.10 Å². The van der Waals surface area contributed by atoms with Crippen LogP contribution in [0.3, 0.4) is 0 Å². The molecular formula is C18H24O5. The molecule has 0 aromatic rings. The monoisotopic (exact) mass is 320 g/mol. The summed E-state index contributed by atoms with van der Waals surface area (Å²) in [6.45, 7) is 8.18. The van der Waals surface area contributed by atoms with Gasteiger partial charge in [0, 0.05) is 5.41 Å². The van der Waals surface area contributed by atoms with Crippen molar-refractivity contribution < 1.29 is 23.7 Å². The van der Waals surface area contributed by atoms with Gasteiger partial charge in [0.2, 0.25) is 0 Å². The molecule has 4 aliphatic rings. The van der Waals surface area contributed by atoms with Crippen molar-refractivity contribution in [3.63, 3.8) is 0 Å². The molecule has 5 heteroatoms. The lowest BCUT2D eigenvalue weighted by Gasteiger charge is -2.52. The van der Waals surface area contributed by atoms with Crippen molar-refractivity contribution in [2.75, 3.05) is 26.9 Å².